The summed E-state index contributed by atoms with van der Waals surface area (Å²) in [5.74, 6) is -0.461. The normalized spacial score (nSPS) is 10.7. The zero-order chi connectivity index (χ0) is 18.7. The first-order valence-corrected chi connectivity index (χ1v) is 8.58. The average Bonchev–Trinajstić information content (AvgIpc) is 2.64. The second kappa shape index (κ2) is 7.36. The minimum absolute atomic E-state index is 0.0370. The SMILES string of the molecule is Cn1c(SCC(=O)Nc2ccccc2[N+](=O)[O-])nc2ccccc2c1=O. The topological polar surface area (TPSA) is 107 Å². The van der Waals surface area contributed by atoms with Crippen LogP contribution in [0.15, 0.2) is 58.5 Å². The third-order valence-corrected chi connectivity index (χ3v) is 4.68. The van der Waals surface area contributed by atoms with Gasteiger partial charge in [0.05, 0.1) is 21.6 Å². The molecule has 0 radical (unpaired) electrons. The number of carbonyl (C=O) groups excluding carboxylic acids is 1. The number of fused-ring (bicyclic) bond motifs is 1. The lowest BCUT2D eigenvalue weighted by atomic mass is 10.2. The van der Waals surface area contributed by atoms with Gasteiger partial charge in [-0.2, -0.15) is 0 Å². The van der Waals surface area contributed by atoms with E-state index in [0.29, 0.717) is 16.1 Å². The third kappa shape index (κ3) is 3.57. The predicted octanol–water partition coefficient (Wildman–Crippen LogP) is 2.57. The number of amides is 1. The molecule has 0 bridgehead atoms. The van der Waals surface area contributed by atoms with Crippen molar-refractivity contribution in [2.45, 2.75) is 5.16 Å². The standard InChI is InChI=1S/C17H14N4O4S/c1-20-16(23)11-6-2-3-7-12(11)19-17(20)26-10-15(22)18-13-8-4-5-9-14(13)21(24)25/h2-9H,10H2,1H3,(H,18,22). The van der Waals surface area contributed by atoms with E-state index in [1.807, 2.05) is 0 Å². The van der Waals surface area contributed by atoms with Gasteiger partial charge in [-0.3, -0.25) is 24.3 Å². The summed E-state index contributed by atoms with van der Waals surface area (Å²) >= 11 is 1.09. The molecule has 1 aromatic heterocycles. The summed E-state index contributed by atoms with van der Waals surface area (Å²) in [7, 11) is 1.59. The Balaban J connectivity index is 1.76. The van der Waals surface area contributed by atoms with E-state index in [4.69, 9.17) is 0 Å². The highest BCUT2D eigenvalue weighted by molar-refractivity contribution is 7.99. The molecule has 1 amide bonds. The number of hydrogen-bond donors (Lipinski definition) is 1. The summed E-state index contributed by atoms with van der Waals surface area (Å²) in [6, 6.07) is 12.9. The van der Waals surface area contributed by atoms with Crippen LogP contribution in [-0.2, 0) is 11.8 Å². The Morgan fingerprint density at radius 1 is 1.23 bits per heavy atom. The summed E-state index contributed by atoms with van der Waals surface area (Å²) in [5.41, 5.74) is 0.306. The molecule has 8 nitrogen and oxygen atoms in total. The first-order chi connectivity index (χ1) is 12.5. The van der Waals surface area contributed by atoms with E-state index in [9.17, 15) is 19.7 Å². The van der Waals surface area contributed by atoms with Crippen LogP contribution in [0.5, 0.6) is 0 Å². The minimum atomic E-state index is -0.558. The number of hydrogen-bond acceptors (Lipinski definition) is 6. The van der Waals surface area contributed by atoms with E-state index in [-0.39, 0.29) is 22.7 Å². The Morgan fingerprint density at radius 3 is 2.69 bits per heavy atom. The van der Waals surface area contributed by atoms with Crippen molar-refractivity contribution in [1.29, 1.82) is 0 Å². The lowest BCUT2D eigenvalue weighted by Gasteiger charge is -2.09. The maximum Gasteiger partial charge on any atom is 0.292 e. The molecule has 2 aromatic carbocycles. The van der Waals surface area contributed by atoms with Crippen molar-refractivity contribution in [1.82, 2.24) is 9.55 Å². The van der Waals surface area contributed by atoms with Gasteiger partial charge in [-0.15, -0.1) is 0 Å². The average molecular weight is 370 g/mol. The van der Waals surface area contributed by atoms with E-state index in [2.05, 4.69) is 10.3 Å². The fraction of sp³-hybridized carbons (Fsp3) is 0.118. The zero-order valence-electron chi connectivity index (χ0n) is 13.7. The van der Waals surface area contributed by atoms with Gasteiger partial charge in [0.25, 0.3) is 11.2 Å². The van der Waals surface area contributed by atoms with Crippen molar-refractivity contribution in [2.24, 2.45) is 7.05 Å². The van der Waals surface area contributed by atoms with Gasteiger partial charge < -0.3 is 5.32 Å². The Bertz CT molecular complexity index is 1060. The third-order valence-electron chi connectivity index (χ3n) is 3.65. The molecule has 0 aliphatic carbocycles. The summed E-state index contributed by atoms with van der Waals surface area (Å²) in [5, 5.41) is 14.4. The van der Waals surface area contributed by atoms with Crippen LogP contribution in [0.1, 0.15) is 0 Å². The lowest BCUT2D eigenvalue weighted by Crippen LogP contribution is -2.21. The van der Waals surface area contributed by atoms with Crippen molar-refractivity contribution in [3.63, 3.8) is 0 Å². The molecule has 0 unspecified atom stereocenters. The van der Waals surface area contributed by atoms with Gasteiger partial charge in [0.1, 0.15) is 5.69 Å². The van der Waals surface area contributed by atoms with Gasteiger partial charge in [0.2, 0.25) is 5.91 Å². The summed E-state index contributed by atoms with van der Waals surface area (Å²) < 4.78 is 1.38. The van der Waals surface area contributed by atoms with E-state index < -0.39 is 10.8 Å². The van der Waals surface area contributed by atoms with Crippen molar-refractivity contribution in [3.05, 3.63) is 69.0 Å². The Morgan fingerprint density at radius 2 is 1.92 bits per heavy atom. The second-order valence-electron chi connectivity index (χ2n) is 5.39. The van der Waals surface area contributed by atoms with Crippen LogP contribution >= 0.6 is 11.8 Å². The van der Waals surface area contributed by atoms with Crippen LogP contribution < -0.4 is 10.9 Å². The van der Waals surface area contributed by atoms with Crippen molar-refractivity contribution < 1.29 is 9.72 Å². The van der Waals surface area contributed by atoms with Gasteiger partial charge in [0, 0.05) is 13.1 Å². The quantitative estimate of drug-likeness (QED) is 0.320. The maximum atomic E-state index is 12.3. The number of nitro benzene ring substituents is 1. The van der Waals surface area contributed by atoms with Crippen LogP contribution in [0.2, 0.25) is 0 Å². The molecule has 0 aliphatic heterocycles. The Hall–Kier alpha value is -3.20. The maximum absolute atomic E-state index is 12.3. The molecule has 1 N–H and O–H groups in total. The minimum Gasteiger partial charge on any atom is -0.320 e. The highest BCUT2D eigenvalue weighted by atomic mass is 32.2. The van der Waals surface area contributed by atoms with Crippen molar-refractivity contribution in [3.8, 4) is 0 Å². The number of nitrogens with zero attached hydrogens (tertiary/aromatic N) is 3. The van der Waals surface area contributed by atoms with Gasteiger partial charge in [-0.1, -0.05) is 36.0 Å². The van der Waals surface area contributed by atoms with Gasteiger partial charge >= 0.3 is 0 Å². The molecule has 0 saturated carbocycles. The number of aromatic nitrogens is 2. The van der Waals surface area contributed by atoms with Crippen LogP contribution in [0.4, 0.5) is 11.4 Å². The van der Waals surface area contributed by atoms with E-state index in [1.54, 1.807) is 37.4 Å². The van der Waals surface area contributed by atoms with Gasteiger partial charge in [0.15, 0.2) is 5.16 Å². The van der Waals surface area contributed by atoms with Crippen molar-refractivity contribution in [2.75, 3.05) is 11.1 Å². The first kappa shape index (κ1) is 17.6. The largest absolute Gasteiger partial charge is 0.320 e. The number of benzene rings is 2. The Kier molecular flexibility index (Phi) is 4.99. The number of anilines is 1. The molecular weight excluding hydrogens is 356 g/mol. The van der Waals surface area contributed by atoms with E-state index in [0.717, 1.165) is 11.8 Å². The number of thioether (sulfide) groups is 1. The van der Waals surface area contributed by atoms with Crippen LogP contribution in [-0.4, -0.2) is 26.1 Å². The summed E-state index contributed by atoms with van der Waals surface area (Å²) in [4.78, 5) is 39.3. The van der Waals surface area contributed by atoms with Gasteiger partial charge in [-0.25, -0.2) is 4.98 Å². The number of carbonyl (C=O) groups is 1. The van der Waals surface area contributed by atoms with Gasteiger partial charge in [-0.05, 0) is 18.2 Å². The molecule has 0 saturated heterocycles. The number of nitro groups is 1. The number of para-hydroxylation sites is 3. The molecule has 0 aliphatic rings. The van der Waals surface area contributed by atoms with E-state index in [1.165, 1.54) is 22.8 Å². The molecule has 3 rings (SSSR count). The zero-order valence-corrected chi connectivity index (χ0v) is 14.5. The molecule has 9 heteroatoms. The highest BCUT2D eigenvalue weighted by Gasteiger charge is 2.16. The van der Waals surface area contributed by atoms with Crippen molar-refractivity contribution >= 4 is 39.9 Å². The molecule has 132 valence electrons. The fourth-order valence-corrected chi connectivity index (χ4v) is 3.15. The molecule has 26 heavy (non-hydrogen) atoms. The lowest BCUT2D eigenvalue weighted by molar-refractivity contribution is -0.383. The predicted molar refractivity (Wildman–Crippen MR) is 99.4 cm³/mol. The molecule has 1 heterocycles. The highest BCUT2D eigenvalue weighted by Crippen LogP contribution is 2.24. The van der Waals surface area contributed by atoms with E-state index >= 15 is 0 Å². The molecule has 0 fully saturated rings. The summed E-state index contributed by atoms with van der Waals surface area (Å²) in [6.07, 6.45) is 0. The van der Waals surface area contributed by atoms with Crippen LogP contribution in [0.3, 0.4) is 0 Å². The molecule has 0 atom stereocenters. The first-order valence-electron chi connectivity index (χ1n) is 7.59. The summed E-state index contributed by atoms with van der Waals surface area (Å²) in [6.45, 7) is 0. The molecule has 3 aromatic rings. The molecule has 0 spiro atoms. The molecular formula is C17H14N4O4S. The number of rotatable bonds is 5. The monoisotopic (exact) mass is 370 g/mol. The number of nitrogens with one attached hydrogen (secondary N) is 1. The Labute approximate surface area is 152 Å². The van der Waals surface area contributed by atoms with Crippen LogP contribution in [0, 0.1) is 10.1 Å². The smallest absolute Gasteiger partial charge is 0.292 e. The second-order valence-corrected chi connectivity index (χ2v) is 6.33. The van der Waals surface area contributed by atoms with Crippen LogP contribution in [0.25, 0.3) is 10.9 Å². The fourth-order valence-electron chi connectivity index (χ4n) is 2.38.